The zero-order valence-electron chi connectivity index (χ0n) is 7.14. The van der Waals surface area contributed by atoms with Crippen molar-refractivity contribution in [1.29, 1.82) is 0 Å². The molecule has 0 radical (unpaired) electrons. The summed E-state index contributed by atoms with van der Waals surface area (Å²) >= 11 is 7.40. The van der Waals surface area contributed by atoms with Gasteiger partial charge in [0.15, 0.2) is 0 Å². The minimum absolute atomic E-state index is 0.403. The molecule has 6 heteroatoms. The number of nitrogens with two attached hydrogens (primary N) is 1. The maximum Gasteiger partial charge on any atom is 0.149 e. The summed E-state index contributed by atoms with van der Waals surface area (Å²) in [6, 6.07) is 1.81. The van der Waals surface area contributed by atoms with Crippen LogP contribution in [0.5, 0.6) is 0 Å². The van der Waals surface area contributed by atoms with E-state index in [9.17, 15) is 0 Å². The third kappa shape index (κ3) is 1.75. The van der Waals surface area contributed by atoms with Crippen LogP contribution in [0.4, 0.5) is 0 Å². The van der Waals surface area contributed by atoms with Crippen LogP contribution >= 0.6 is 22.9 Å². The Morgan fingerprint density at radius 2 is 2.29 bits per heavy atom. The molecular weight excluding hydrogens is 220 g/mol. The fraction of sp³-hybridized carbons (Fsp3) is 0.125. The number of hydrogen-bond donors (Lipinski definition) is 1. The highest BCUT2D eigenvalue weighted by Gasteiger charge is 2.08. The van der Waals surface area contributed by atoms with Crippen molar-refractivity contribution in [3.05, 3.63) is 28.5 Å². The van der Waals surface area contributed by atoms with Gasteiger partial charge in [-0.05, 0) is 6.07 Å². The topological polar surface area (TPSA) is 64.7 Å². The molecule has 0 aromatic carbocycles. The first kappa shape index (κ1) is 9.51. The second-order valence-electron chi connectivity index (χ2n) is 2.56. The highest BCUT2D eigenvalue weighted by atomic mass is 35.5. The van der Waals surface area contributed by atoms with Gasteiger partial charge in [-0.25, -0.2) is 0 Å². The highest BCUT2D eigenvalue weighted by molar-refractivity contribution is 7.14. The molecule has 2 heterocycles. The molecule has 0 aliphatic rings. The summed E-state index contributed by atoms with van der Waals surface area (Å²) in [7, 11) is 0. The van der Waals surface area contributed by atoms with E-state index in [4.69, 9.17) is 17.3 Å². The lowest BCUT2D eigenvalue weighted by molar-refractivity contribution is 0.960. The van der Waals surface area contributed by atoms with Gasteiger partial charge in [0, 0.05) is 24.5 Å². The number of pyridine rings is 1. The van der Waals surface area contributed by atoms with Crippen LogP contribution in [0.2, 0.25) is 5.02 Å². The van der Waals surface area contributed by atoms with Gasteiger partial charge in [-0.3, -0.25) is 4.98 Å². The van der Waals surface area contributed by atoms with Crippen molar-refractivity contribution in [2.24, 2.45) is 5.73 Å². The molecule has 0 atom stereocenters. The van der Waals surface area contributed by atoms with Crippen LogP contribution in [-0.2, 0) is 6.54 Å². The number of hydrogen-bond acceptors (Lipinski definition) is 5. The van der Waals surface area contributed by atoms with E-state index in [1.165, 1.54) is 11.3 Å². The van der Waals surface area contributed by atoms with Gasteiger partial charge in [0.2, 0.25) is 0 Å². The summed E-state index contributed by atoms with van der Waals surface area (Å²) in [6.45, 7) is 0.403. The summed E-state index contributed by atoms with van der Waals surface area (Å²) in [4.78, 5) is 3.90. The first-order chi connectivity index (χ1) is 6.81. The molecule has 72 valence electrons. The molecule has 14 heavy (non-hydrogen) atoms. The molecule has 4 nitrogen and oxygen atoms in total. The third-order valence-corrected chi connectivity index (χ3v) is 2.92. The smallest absolute Gasteiger partial charge is 0.149 e. The molecule has 0 fully saturated rings. The summed E-state index contributed by atoms with van der Waals surface area (Å²) in [5.41, 5.74) is 6.29. The monoisotopic (exact) mass is 226 g/mol. The molecule has 0 saturated carbocycles. The van der Waals surface area contributed by atoms with Gasteiger partial charge in [0.25, 0.3) is 0 Å². The predicted molar refractivity (Wildman–Crippen MR) is 56.0 cm³/mol. The summed E-state index contributed by atoms with van der Waals surface area (Å²) < 4.78 is 0. The lowest BCUT2D eigenvalue weighted by Gasteiger charge is -1.96. The maximum absolute atomic E-state index is 5.96. The minimum Gasteiger partial charge on any atom is -0.324 e. The Bertz CT molecular complexity index is 442. The van der Waals surface area contributed by atoms with Crippen LogP contribution in [0.1, 0.15) is 5.01 Å². The number of rotatable bonds is 2. The normalized spacial score (nSPS) is 10.4. The zero-order valence-corrected chi connectivity index (χ0v) is 8.72. The molecule has 2 N–H and O–H groups in total. The van der Waals surface area contributed by atoms with Gasteiger partial charge in [0.1, 0.15) is 10.0 Å². The number of aromatic nitrogens is 3. The van der Waals surface area contributed by atoms with Gasteiger partial charge in [-0.2, -0.15) is 0 Å². The second-order valence-corrected chi connectivity index (χ2v) is 4.03. The van der Waals surface area contributed by atoms with E-state index in [1.54, 1.807) is 12.4 Å². The van der Waals surface area contributed by atoms with Crippen molar-refractivity contribution in [3.63, 3.8) is 0 Å². The number of nitrogens with zero attached hydrogens (tertiary/aromatic N) is 3. The third-order valence-electron chi connectivity index (χ3n) is 1.64. The van der Waals surface area contributed by atoms with E-state index in [0.29, 0.717) is 11.6 Å². The van der Waals surface area contributed by atoms with Crippen molar-refractivity contribution in [1.82, 2.24) is 15.2 Å². The van der Waals surface area contributed by atoms with E-state index in [1.807, 2.05) is 6.07 Å². The van der Waals surface area contributed by atoms with Crippen molar-refractivity contribution in [2.75, 3.05) is 0 Å². The van der Waals surface area contributed by atoms with Crippen molar-refractivity contribution < 1.29 is 0 Å². The van der Waals surface area contributed by atoms with Gasteiger partial charge in [-0.1, -0.05) is 22.9 Å². The van der Waals surface area contributed by atoms with Crippen LogP contribution < -0.4 is 5.73 Å². The van der Waals surface area contributed by atoms with Crippen molar-refractivity contribution in [3.8, 4) is 10.6 Å². The molecular formula is C8H7ClN4S. The fourth-order valence-corrected chi connectivity index (χ4v) is 2.02. The van der Waals surface area contributed by atoms with E-state index >= 15 is 0 Å². The standard InChI is InChI=1S/C8H7ClN4S/c9-6-4-11-2-1-5(6)8-13-12-7(3-10)14-8/h1-2,4H,3,10H2. The van der Waals surface area contributed by atoms with Gasteiger partial charge in [-0.15, -0.1) is 10.2 Å². The fourth-order valence-electron chi connectivity index (χ4n) is 0.994. The predicted octanol–water partition coefficient (Wildman–Crippen LogP) is 1.71. The van der Waals surface area contributed by atoms with Crippen molar-refractivity contribution >= 4 is 22.9 Å². The highest BCUT2D eigenvalue weighted by Crippen LogP contribution is 2.28. The van der Waals surface area contributed by atoms with Crippen LogP contribution in [0.15, 0.2) is 18.5 Å². The minimum atomic E-state index is 0.403. The number of halogens is 1. The molecule has 0 amide bonds. The first-order valence-electron chi connectivity index (χ1n) is 3.93. The van der Waals surface area contributed by atoms with E-state index in [2.05, 4.69) is 15.2 Å². The van der Waals surface area contributed by atoms with Crippen molar-refractivity contribution in [2.45, 2.75) is 6.54 Å². The molecule has 2 aromatic heterocycles. The van der Waals surface area contributed by atoms with E-state index in [0.717, 1.165) is 15.6 Å². The van der Waals surface area contributed by atoms with Gasteiger partial charge in [0.05, 0.1) is 5.02 Å². The quantitative estimate of drug-likeness (QED) is 0.847. The summed E-state index contributed by atoms with van der Waals surface area (Å²) in [5.74, 6) is 0. The van der Waals surface area contributed by atoms with Gasteiger partial charge >= 0.3 is 0 Å². The molecule has 0 aliphatic carbocycles. The van der Waals surface area contributed by atoms with Crippen LogP contribution in [-0.4, -0.2) is 15.2 Å². The average molecular weight is 227 g/mol. The molecule has 0 bridgehead atoms. The van der Waals surface area contributed by atoms with E-state index in [-0.39, 0.29) is 0 Å². The molecule has 2 aromatic rings. The van der Waals surface area contributed by atoms with Crippen LogP contribution in [0.25, 0.3) is 10.6 Å². The van der Waals surface area contributed by atoms with Crippen LogP contribution in [0, 0.1) is 0 Å². The summed E-state index contributed by atoms with van der Waals surface area (Å²) in [6.07, 6.45) is 3.26. The molecule has 2 rings (SSSR count). The van der Waals surface area contributed by atoms with Gasteiger partial charge < -0.3 is 5.73 Å². The zero-order chi connectivity index (χ0) is 9.97. The lowest BCUT2D eigenvalue weighted by atomic mass is 10.3. The molecule has 0 spiro atoms. The Hall–Kier alpha value is -1.04. The Labute approximate surface area is 89.8 Å². The molecule has 0 saturated heterocycles. The molecule has 0 aliphatic heterocycles. The largest absolute Gasteiger partial charge is 0.324 e. The first-order valence-corrected chi connectivity index (χ1v) is 5.13. The lowest BCUT2D eigenvalue weighted by Crippen LogP contribution is -1.94. The summed E-state index contributed by atoms with van der Waals surface area (Å²) in [5, 5.41) is 10.1. The Morgan fingerprint density at radius 1 is 1.43 bits per heavy atom. The Morgan fingerprint density at radius 3 is 2.93 bits per heavy atom. The Balaban J connectivity index is 2.44. The average Bonchev–Trinajstić information content (AvgIpc) is 2.67. The SMILES string of the molecule is NCc1nnc(-c2ccncc2Cl)s1. The molecule has 0 unspecified atom stereocenters. The maximum atomic E-state index is 5.96. The van der Waals surface area contributed by atoms with Crippen LogP contribution in [0.3, 0.4) is 0 Å². The Kier molecular flexibility index (Phi) is 2.72. The second kappa shape index (κ2) is 4.00. The van der Waals surface area contributed by atoms with E-state index < -0.39 is 0 Å².